The Labute approximate surface area is 161 Å². The molecule has 0 aliphatic carbocycles. The zero-order chi connectivity index (χ0) is 19.7. The van der Waals surface area contributed by atoms with Crippen molar-refractivity contribution in [3.8, 4) is 0 Å². The van der Waals surface area contributed by atoms with Gasteiger partial charge in [0.1, 0.15) is 11.6 Å². The van der Waals surface area contributed by atoms with Crippen molar-refractivity contribution in [3.05, 3.63) is 36.4 Å². The fraction of sp³-hybridized carbons (Fsp3) is 0.368. The van der Waals surface area contributed by atoms with Crippen molar-refractivity contribution < 1.29 is 9.18 Å². The highest BCUT2D eigenvalue weighted by Crippen LogP contribution is 2.25. The maximum absolute atomic E-state index is 13.6. The van der Waals surface area contributed by atoms with Crippen LogP contribution in [0.5, 0.6) is 0 Å². The second-order valence-electron chi connectivity index (χ2n) is 7.07. The van der Waals surface area contributed by atoms with Gasteiger partial charge in [0.15, 0.2) is 5.78 Å². The molecule has 3 N–H and O–H groups in total. The number of anilines is 3. The number of piperidine rings is 1. The van der Waals surface area contributed by atoms with Crippen molar-refractivity contribution in [1.82, 2.24) is 19.7 Å². The van der Waals surface area contributed by atoms with E-state index in [1.807, 2.05) is 19.4 Å². The second kappa shape index (κ2) is 7.41. The Morgan fingerprint density at radius 1 is 1.39 bits per heavy atom. The minimum absolute atomic E-state index is 0.0782. The first kappa shape index (κ1) is 18.1. The van der Waals surface area contributed by atoms with E-state index in [-0.39, 0.29) is 24.2 Å². The highest BCUT2D eigenvalue weighted by atomic mass is 19.1. The number of rotatable bonds is 5. The van der Waals surface area contributed by atoms with Gasteiger partial charge in [0.25, 0.3) is 0 Å². The van der Waals surface area contributed by atoms with Crippen LogP contribution in [0, 0.1) is 11.7 Å². The molecule has 4 rings (SSSR count). The summed E-state index contributed by atoms with van der Waals surface area (Å²) in [6.07, 6.45) is 5.56. The van der Waals surface area contributed by atoms with Gasteiger partial charge in [0.2, 0.25) is 5.95 Å². The number of nitrogens with zero attached hydrogens (tertiary/aromatic N) is 5. The predicted octanol–water partition coefficient (Wildman–Crippen LogP) is 1.98. The molecule has 0 amide bonds. The summed E-state index contributed by atoms with van der Waals surface area (Å²) >= 11 is 0. The molecule has 9 heteroatoms. The van der Waals surface area contributed by atoms with Crippen LogP contribution in [0.4, 0.5) is 21.8 Å². The number of nitrogens with one attached hydrogen (secondary N) is 1. The smallest absolute Gasteiger partial charge is 0.222 e. The number of ketones is 1. The number of carbonyl (C=O) groups is 1. The second-order valence-corrected chi connectivity index (χ2v) is 7.07. The highest BCUT2D eigenvalue weighted by Gasteiger charge is 2.26. The SMILES string of the molecule is Cn1cc(N2CCCC(C(=O)CNc3nc(N)nc4ccc(F)cc34)C2)cn1. The van der Waals surface area contributed by atoms with Crippen LogP contribution in [0.2, 0.25) is 0 Å². The molecule has 1 aliphatic heterocycles. The number of hydrogen-bond donors (Lipinski definition) is 2. The third kappa shape index (κ3) is 3.73. The number of halogens is 1. The normalized spacial score (nSPS) is 17.1. The van der Waals surface area contributed by atoms with E-state index in [2.05, 4.69) is 25.3 Å². The molecule has 1 aliphatic rings. The number of aromatic nitrogens is 4. The monoisotopic (exact) mass is 383 g/mol. The average Bonchev–Trinajstić information content (AvgIpc) is 3.13. The van der Waals surface area contributed by atoms with Crippen LogP contribution in [-0.2, 0) is 11.8 Å². The van der Waals surface area contributed by atoms with Gasteiger partial charge in [-0.25, -0.2) is 9.37 Å². The lowest BCUT2D eigenvalue weighted by atomic mass is 9.93. The zero-order valence-electron chi connectivity index (χ0n) is 15.6. The third-order valence-corrected chi connectivity index (χ3v) is 5.04. The summed E-state index contributed by atoms with van der Waals surface area (Å²) in [5.41, 5.74) is 7.30. The lowest BCUT2D eigenvalue weighted by Crippen LogP contribution is -2.40. The van der Waals surface area contributed by atoms with E-state index in [9.17, 15) is 9.18 Å². The number of benzene rings is 1. The predicted molar refractivity (Wildman–Crippen MR) is 106 cm³/mol. The van der Waals surface area contributed by atoms with E-state index in [1.54, 1.807) is 10.7 Å². The molecule has 1 saturated heterocycles. The van der Waals surface area contributed by atoms with Crippen LogP contribution >= 0.6 is 0 Å². The summed E-state index contributed by atoms with van der Waals surface area (Å²) in [6.45, 7) is 1.68. The molecule has 1 atom stereocenters. The molecule has 3 aromatic rings. The molecule has 0 spiro atoms. The molecule has 0 bridgehead atoms. The van der Waals surface area contributed by atoms with Crippen LogP contribution in [0.25, 0.3) is 10.9 Å². The maximum atomic E-state index is 13.6. The Morgan fingerprint density at radius 2 is 2.25 bits per heavy atom. The molecule has 146 valence electrons. The summed E-state index contributed by atoms with van der Waals surface area (Å²) in [5.74, 6) is 0.0679. The van der Waals surface area contributed by atoms with E-state index in [4.69, 9.17) is 5.73 Å². The van der Waals surface area contributed by atoms with Crippen molar-refractivity contribution in [2.45, 2.75) is 12.8 Å². The van der Waals surface area contributed by atoms with Gasteiger partial charge in [-0.15, -0.1) is 0 Å². The Kier molecular flexibility index (Phi) is 4.81. The van der Waals surface area contributed by atoms with Crippen LogP contribution in [-0.4, -0.2) is 45.2 Å². The van der Waals surface area contributed by atoms with E-state index < -0.39 is 5.82 Å². The van der Waals surface area contributed by atoms with Gasteiger partial charge in [-0.05, 0) is 31.0 Å². The molecule has 2 aromatic heterocycles. The van der Waals surface area contributed by atoms with Crippen molar-refractivity contribution in [1.29, 1.82) is 0 Å². The molecule has 28 heavy (non-hydrogen) atoms. The van der Waals surface area contributed by atoms with Gasteiger partial charge in [-0.1, -0.05) is 0 Å². The highest BCUT2D eigenvalue weighted by molar-refractivity contribution is 5.92. The number of Topliss-reactive ketones (excluding diaryl/α,β-unsaturated/α-hetero) is 1. The molecular formula is C19H22FN7O. The summed E-state index contributed by atoms with van der Waals surface area (Å²) in [5, 5.41) is 7.73. The van der Waals surface area contributed by atoms with Crippen LogP contribution < -0.4 is 16.0 Å². The topological polar surface area (TPSA) is 102 Å². The van der Waals surface area contributed by atoms with E-state index >= 15 is 0 Å². The summed E-state index contributed by atoms with van der Waals surface area (Å²) in [6, 6.07) is 4.20. The Balaban J connectivity index is 1.46. The minimum atomic E-state index is -0.394. The van der Waals surface area contributed by atoms with E-state index in [0.29, 0.717) is 23.3 Å². The molecule has 0 saturated carbocycles. The first-order valence-corrected chi connectivity index (χ1v) is 9.22. The van der Waals surface area contributed by atoms with E-state index in [1.165, 1.54) is 12.1 Å². The Bertz CT molecular complexity index is 1020. The molecule has 1 aromatic carbocycles. The third-order valence-electron chi connectivity index (χ3n) is 5.04. The van der Waals surface area contributed by atoms with Gasteiger partial charge < -0.3 is 16.0 Å². The van der Waals surface area contributed by atoms with Crippen LogP contribution in [0.3, 0.4) is 0 Å². The quantitative estimate of drug-likeness (QED) is 0.694. The van der Waals surface area contributed by atoms with Gasteiger partial charge in [-0.2, -0.15) is 10.1 Å². The summed E-state index contributed by atoms with van der Waals surface area (Å²) < 4.78 is 15.4. The number of nitrogens with two attached hydrogens (primary N) is 1. The maximum Gasteiger partial charge on any atom is 0.222 e. The standard InChI is InChI=1S/C19H22FN7O/c1-26-11-14(8-23-26)27-6-2-3-12(10-27)17(28)9-22-18-15-7-13(20)4-5-16(15)24-19(21)25-18/h4-5,7-8,11-12H,2-3,6,9-10H2,1H3,(H3,21,22,24,25). The fourth-order valence-corrected chi connectivity index (χ4v) is 3.61. The lowest BCUT2D eigenvalue weighted by Gasteiger charge is -2.32. The van der Waals surface area contributed by atoms with Crippen molar-refractivity contribution >= 4 is 34.1 Å². The van der Waals surface area contributed by atoms with Crippen LogP contribution in [0.1, 0.15) is 12.8 Å². The van der Waals surface area contributed by atoms with Gasteiger partial charge in [0.05, 0.1) is 23.9 Å². The molecule has 1 fully saturated rings. The first-order valence-electron chi connectivity index (χ1n) is 9.22. The molecule has 3 heterocycles. The number of hydrogen-bond acceptors (Lipinski definition) is 7. The number of fused-ring (bicyclic) bond motifs is 1. The Morgan fingerprint density at radius 3 is 3.04 bits per heavy atom. The van der Waals surface area contributed by atoms with Crippen molar-refractivity contribution in [2.75, 3.05) is 35.6 Å². The minimum Gasteiger partial charge on any atom is -0.368 e. The fourth-order valence-electron chi connectivity index (χ4n) is 3.61. The summed E-state index contributed by atoms with van der Waals surface area (Å²) in [7, 11) is 1.88. The first-order chi connectivity index (χ1) is 13.5. The number of carbonyl (C=O) groups excluding carboxylic acids is 1. The van der Waals surface area contributed by atoms with Crippen molar-refractivity contribution in [2.24, 2.45) is 13.0 Å². The number of nitrogen functional groups attached to an aromatic ring is 1. The molecule has 0 radical (unpaired) electrons. The van der Waals surface area contributed by atoms with Crippen molar-refractivity contribution in [3.63, 3.8) is 0 Å². The largest absolute Gasteiger partial charge is 0.368 e. The zero-order valence-corrected chi connectivity index (χ0v) is 15.6. The summed E-state index contributed by atoms with van der Waals surface area (Å²) in [4.78, 5) is 23.2. The molecule has 1 unspecified atom stereocenters. The lowest BCUT2D eigenvalue weighted by molar-refractivity contribution is -0.121. The van der Waals surface area contributed by atoms with Gasteiger partial charge in [-0.3, -0.25) is 9.48 Å². The van der Waals surface area contributed by atoms with Gasteiger partial charge in [0, 0.05) is 37.6 Å². The van der Waals surface area contributed by atoms with Gasteiger partial charge >= 0.3 is 0 Å². The molecular weight excluding hydrogens is 361 g/mol. The molecule has 8 nitrogen and oxygen atoms in total. The number of aryl methyl sites for hydroxylation is 1. The van der Waals surface area contributed by atoms with Crippen LogP contribution in [0.15, 0.2) is 30.6 Å². The van der Waals surface area contributed by atoms with E-state index in [0.717, 1.165) is 25.1 Å². The average molecular weight is 383 g/mol. The Hall–Kier alpha value is -3.23.